The second-order valence-corrected chi connectivity index (χ2v) is 3.96. The van der Waals surface area contributed by atoms with Gasteiger partial charge in [-0.25, -0.2) is 4.98 Å². The van der Waals surface area contributed by atoms with E-state index in [1.807, 2.05) is 13.3 Å². The molecule has 0 saturated heterocycles. The van der Waals surface area contributed by atoms with Crippen LogP contribution >= 0.6 is 0 Å². The first-order chi connectivity index (χ1) is 6.83. The Hall–Kier alpha value is -1.51. The number of rotatable bonds is 2. The lowest BCUT2D eigenvalue weighted by Crippen LogP contribution is -2.01. The van der Waals surface area contributed by atoms with Gasteiger partial charge in [-0.15, -0.1) is 0 Å². The number of hydrogen-bond acceptors (Lipinski definition) is 2. The molecule has 3 heteroatoms. The molecular weight excluding hydrogens is 174 g/mol. The SMILES string of the molecule is Cc1ncn2cc(NC3CC3)ccc12. The van der Waals surface area contributed by atoms with Gasteiger partial charge in [0.15, 0.2) is 0 Å². The molecule has 2 aromatic rings. The summed E-state index contributed by atoms with van der Waals surface area (Å²) in [6, 6.07) is 4.95. The van der Waals surface area contributed by atoms with E-state index in [9.17, 15) is 0 Å². The maximum Gasteiger partial charge on any atom is 0.0996 e. The van der Waals surface area contributed by atoms with Crippen LogP contribution in [0.4, 0.5) is 5.69 Å². The minimum absolute atomic E-state index is 0.706. The number of pyridine rings is 1. The Bertz CT molecular complexity index is 468. The highest BCUT2D eigenvalue weighted by Crippen LogP contribution is 2.25. The summed E-state index contributed by atoms with van der Waals surface area (Å²) in [5, 5.41) is 3.47. The van der Waals surface area contributed by atoms with E-state index in [0.29, 0.717) is 6.04 Å². The van der Waals surface area contributed by atoms with Gasteiger partial charge < -0.3 is 9.72 Å². The summed E-state index contributed by atoms with van der Waals surface area (Å²) in [5.41, 5.74) is 3.46. The molecule has 3 rings (SSSR count). The van der Waals surface area contributed by atoms with Crippen LogP contribution in [0.15, 0.2) is 24.7 Å². The molecule has 72 valence electrons. The van der Waals surface area contributed by atoms with E-state index in [2.05, 4.69) is 33.0 Å². The van der Waals surface area contributed by atoms with Crippen LogP contribution in [-0.4, -0.2) is 15.4 Å². The first kappa shape index (κ1) is 7.85. The summed E-state index contributed by atoms with van der Waals surface area (Å²) in [4.78, 5) is 4.27. The standard InChI is InChI=1S/C11H13N3/c1-8-11-5-4-10(13-9-2-3-9)6-14(11)7-12-8/h4-7,9,13H,2-3H2,1H3. The smallest absolute Gasteiger partial charge is 0.0996 e. The maximum absolute atomic E-state index is 4.27. The average molecular weight is 187 g/mol. The van der Waals surface area contributed by atoms with Crippen LogP contribution in [0.5, 0.6) is 0 Å². The monoisotopic (exact) mass is 187 g/mol. The van der Waals surface area contributed by atoms with E-state index < -0.39 is 0 Å². The molecule has 0 aromatic carbocycles. The Kier molecular flexibility index (Phi) is 1.54. The number of hydrogen-bond donors (Lipinski definition) is 1. The average Bonchev–Trinajstić information content (AvgIpc) is 2.92. The Morgan fingerprint density at radius 1 is 1.43 bits per heavy atom. The van der Waals surface area contributed by atoms with Gasteiger partial charge in [0, 0.05) is 12.2 Å². The Labute approximate surface area is 82.8 Å². The molecule has 1 N–H and O–H groups in total. The molecule has 0 radical (unpaired) electrons. The normalized spacial score (nSPS) is 16.1. The van der Waals surface area contributed by atoms with Crippen molar-refractivity contribution in [2.24, 2.45) is 0 Å². The number of nitrogens with zero attached hydrogens (tertiary/aromatic N) is 2. The second kappa shape index (κ2) is 2.74. The minimum atomic E-state index is 0.706. The van der Waals surface area contributed by atoms with Crippen LogP contribution in [0.3, 0.4) is 0 Å². The third-order valence-corrected chi connectivity index (χ3v) is 2.67. The molecule has 0 amide bonds. The molecule has 1 saturated carbocycles. The highest BCUT2D eigenvalue weighted by atomic mass is 15.0. The Morgan fingerprint density at radius 2 is 2.29 bits per heavy atom. The third kappa shape index (κ3) is 1.25. The third-order valence-electron chi connectivity index (χ3n) is 2.67. The van der Waals surface area contributed by atoms with E-state index in [-0.39, 0.29) is 0 Å². The number of imidazole rings is 1. The van der Waals surface area contributed by atoms with Gasteiger partial charge in [-0.2, -0.15) is 0 Å². The molecule has 2 heterocycles. The number of fused-ring (bicyclic) bond motifs is 1. The van der Waals surface area contributed by atoms with Gasteiger partial charge in [0.25, 0.3) is 0 Å². The summed E-state index contributed by atoms with van der Waals surface area (Å²) in [6.45, 7) is 2.03. The fourth-order valence-corrected chi connectivity index (χ4v) is 1.68. The molecule has 2 aromatic heterocycles. The highest BCUT2D eigenvalue weighted by Gasteiger charge is 2.20. The summed E-state index contributed by atoms with van der Waals surface area (Å²) in [6.07, 6.45) is 6.58. The predicted octanol–water partition coefficient (Wildman–Crippen LogP) is 2.22. The fraction of sp³-hybridized carbons (Fsp3) is 0.364. The van der Waals surface area contributed by atoms with E-state index in [1.54, 1.807) is 0 Å². The van der Waals surface area contributed by atoms with Gasteiger partial charge >= 0.3 is 0 Å². The van der Waals surface area contributed by atoms with Crippen molar-refractivity contribution in [3.63, 3.8) is 0 Å². The highest BCUT2D eigenvalue weighted by molar-refractivity contribution is 5.57. The topological polar surface area (TPSA) is 29.3 Å². The molecule has 0 aliphatic heterocycles. The quantitative estimate of drug-likeness (QED) is 0.781. The largest absolute Gasteiger partial charge is 0.381 e. The predicted molar refractivity (Wildman–Crippen MR) is 56.6 cm³/mol. The van der Waals surface area contributed by atoms with Crippen molar-refractivity contribution < 1.29 is 0 Å². The van der Waals surface area contributed by atoms with E-state index >= 15 is 0 Å². The van der Waals surface area contributed by atoms with Gasteiger partial charge in [0.05, 0.1) is 23.2 Å². The van der Waals surface area contributed by atoms with Crippen molar-refractivity contribution >= 4 is 11.2 Å². The molecule has 1 aliphatic carbocycles. The molecule has 1 fully saturated rings. The van der Waals surface area contributed by atoms with E-state index in [0.717, 1.165) is 5.69 Å². The number of aryl methyl sites for hydroxylation is 1. The van der Waals surface area contributed by atoms with Crippen molar-refractivity contribution in [3.05, 3.63) is 30.4 Å². The lowest BCUT2D eigenvalue weighted by Gasteiger charge is -2.04. The van der Waals surface area contributed by atoms with E-state index in [1.165, 1.54) is 24.0 Å². The maximum atomic E-state index is 4.27. The first-order valence-corrected chi connectivity index (χ1v) is 5.03. The van der Waals surface area contributed by atoms with Gasteiger partial charge in [0.1, 0.15) is 0 Å². The zero-order valence-corrected chi connectivity index (χ0v) is 8.20. The molecule has 14 heavy (non-hydrogen) atoms. The van der Waals surface area contributed by atoms with Crippen LogP contribution in [0.1, 0.15) is 18.5 Å². The number of nitrogens with one attached hydrogen (secondary N) is 1. The molecule has 0 bridgehead atoms. The number of anilines is 1. The molecule has 1 aliphatic rings. The van der Waals surface area contributed by atoms with Gasteiger partial charge in [-0.1, -0.05) is 0 Å². The van der Waals surface area contributed by atoms with Gasteiger partial charge in [0.2, 0.25) is 0 Å². The molecule has 0 spiro atoms. The van der Waals surface area contributed by atoms with Crippen LogP contribution in [0.2, 0.25) is 0 Å². The van der Waals surface area contributed by atoms with Crippen molar-refractivity contribution in [2.75, 3.05) is 5.32 Å². The van der Waals surface area contributed by atoms with Gasteiger partial charge in [-0.05, 0) is 31.9 Å². The zero-order valence-electron chi connectivity index (χ0n) is 8.20. The van der Waals surface area contributed by atoms with Gasteiger partial charge in [-0.3, -0.25) is 0 Å². The summed E-state index contributed by atoms with van der Waals surface area (Å²) in [5.74, 6) is 0. The first-order valence-electron chi connectivity index (χ1n) is 5.03. The second-order valence-electron chi connectivity index (χ2n) is 3.96. The zero-order chi connectivity index (χ0) is 9.54. The minimum Gasteiger partial charge on any atom is -0.381 e. The van der Waals surface area contributed by atoms with E-state index in [4.69, 9.17) is 0 Å². The molecular formula is C11H13N3. The molecule has 3 nitrogen and oxygen atoms in total. The fourth-order valence-electron chi connectivity index (χ4n) is 1.68. The summed E-state index contributed by atoms with van der Waals surface area (Å²) < 4.78 is 2.07. The van der Waals surface area contributed by atoms with Crippen LogP contribution < -0.4 is 5.32 Å². The van der Waals surface area contributed by atoms with Crippen LogP contribution in [0.25, 0.3) is 5.52 Å². The van der Waals surface area contributed by atoms with Crippen molar-refractivity contribution in [1.82, 2.24) is 9.38 Å². The van der Waals surface area contributed by atoms with Crippen molar-refractivity contribution in [3.8, 4) is 0 Å². The Morgan fingerprint density at radius 3 is 3.07 bits per heavy atom. The number of aromatic nitrogens is 2. The Balaban J connectivity index is 2.01. The summed E-state index contributed by atoms with van der Waals surface area (Å²) in [7, 11) is 0. The lowest BCUT2D eigenvalue weighted by atomic mass is 10.3. The molecule has 0 unspecified atom stereocenters. The van der Waals surface area contributed by atoms with Crippen LogP contribution in [-0.2, 0) is 0 Å². The molecule has 0 atom stereocenters. The van der Waals surface area contributed by atoms with Crippen molar-refractivity contribution in [2.45, 2.75) is 25.8 Å². The van der Waals surface area contributed by atoms with Crippen molar-refractivity contribution in [1.29, 1.82) is 0 Å². The summed E-state index contributed by atoms with van der Waals surface area (Å²) >= 11 is 0. The van der Waals surface area contributed by atoms with Crippen LogP contribution in [0, 0.1) is 6.92 Å². The lowest BCUT2D eigenvalue weighted by molar-refractivity contribution is 1.11.